The summed E-state index contributed by atoms with van der Waals surface area (Å²) < 4.78 is 18.8. The Kier molecular flexibility index (Phi) is 5.52. The predicted octanol–water partition coefficient (Wildman–Crippen LogP) is 2.27. The fourth-order valence-electron chi connectivity index (χ4n) is 2.42. The van der Waals surface area contributed by atoms with Crippen LogP contribution in [-0.4, -0.2) is 35.2 Å². The summed E-state index contributed by atoms with van der Waals surface area (Å²) in [6.07, 6.45) is -0.341. The summed E-state index contributed by atoms with van der Waals surface area (Å²) in [6, 6.07) is 4.53. The van der Waals surface area contributed by atoms with E-state index < -0.39 is 18.2 Å². The van der Waals surface area contributed by atoms with Crippen LogP contribution in [0.15, 0.2) is 22.7 Å². The number of carboxylic acid groups (broad SMARTS) is 1. The summed E-state index contributed by atoms with van der Waals surface area (Å²) in [5, 5.41) is 11.6. The molecular weight excluding hydrogens is 357 g/mol. The molecule has 1 aromatic carbocycles. The Bertz CT molecular complexity index is 581. The Balaban J connectivity index is 1.86. The molecule has 0 saturated carbocycles. The van der Waals surface area contributed by atoms with Gasteiger partial charge in [0.05, 0.1) is 4.47 Å². The molecule has 1 fully saturated rings. The van der Waals surface area contributed by atoms with E-state index in [-0.39, 0.29) is 17.8 Å². The van der Waals surface area contributed by atoms with Crippen molar-refractivity contribution in [2.24, 2.45) is 0 Å². The number of hydrogen-bond donors (Lipinski definition) is 2. The molecule has 1 aliphatic heterocycles. The van der Waals surface area contributed by atoms with E-state index in [2.05, 4.69) is 21.2 Å². The van der Waals surface area contributed by atoms with Crippen LogP contribution in [0.2, 0.25) is 0 Å². The first-order chi connectivity index (χ1) is 10.4. The molecular formula is C15H17BrFNO4. The van der Waals surface area contributed by atoms with Crippen LogP contribution >= 0.6 is 15.9 Å². The van der Waals surface area contributed by atoms with Crippen LogP contribution < -0.4 is 5.32 Å². The molecule has 22 heavy (non-hydrogen) atoms. The van der Waals surface area contributed by atoms with Crippen LogP contribution in [0.5, 0.6) is 0 Å². The summed E-state index contributed by atoms with van der Waals surface area (Å²) in [7, 11) is 0. The molecule has 1 unspecified atom stereocenters. The first-order valence-electron chi connectivity index (χ1n) is 6.99. The number of carbonyl (C=O) groups excluding carboxylic acids is 1. The molecule has 1 amide bonds. The van der Waals surface area contributed by atoms with Crippen LogP contribution in [0.4, 0.5) is 4.39 Å². The number of ether oxygens (including phenoxy) is 1. The van der Waals surface area contributed by atoms with Gasteiger partial charge in [-0.2, -0.15) is 0 Å². The Morgan fingerprint density at radius 1 is 1.45 bits per heavy atom. The molecule has 2 N–H and O–H groups in total. The number of aliphatic carboxylic acids is 1. The number of halogens is 2. The van der Waals surface area contributed by atoms with E-state index >= 15 is 0 Å². The van der Waals surface area contributed by atoms with Crippen LogP contribution in [0.3, 0.4) is 0 Å². The summed E-state index contributed by atoms with van der Waals surface area (Å²) in [4.78, 5) is 22.8. The topological polar surface area (TPSA) is 75.6 Å². The van der Waals surface area contributed by atoms with Gasteiger partial charge in [0.1, 0.15) is 11.9 Å². The Morgan fingerprint density at radius 2 is 2.14 bits per heavy atom. The molecule has 120 valence electrons. The number of carboxylic acids is 1. The summed E-state index contributed by atoms with van der Waals surface area (Å²) in [5.74, 6) is -1.68. The number of rotatable bonds is 5. The lowest BCUT2D eigenvalue weighted by molar-refractivity contribution is -0.151. The first-order valence-corrected chi connectivity index (χ1v) is 7.78. The highest BCUT2D eigenvalue weighted by molar-refractivity contribution is 9.10. The molecule has 1 heterocycles. The van der Waals surface area contributed by atoms with E-state index in [4.69, 9.17) is 9.84 Å². The molecule has 0 aliphatic carbocycles. The minimum absolute atomic E-state index is 0.169. The molecule has 0 bridgehead atoms. The molecule has 0 spiro atoms. The highest BCUT2D eigenvalue weighted by Crippen LogP contribution is 2.21. The number of carbonyl (C=O) groups is 2. The van der Waals surface area contributed by atoms with Crippen LogP contribution in [0.25, 0.3) is 0 Å². The van der Waals surface area contributed by atoms with Crippen LogP contribution in [0, 0.1) is 5.82 Å². The molecule has 3 atom stereocenters. The second kappa shape index (κ2) is 7.19. The van der Waals surface area contributed by atoms with Crippen molar-refractivity contribution in [2.75, 3.05) is 0 Å². The smallest absolute Gasteiger partial charge is 0.332 e. The van der Waals surface area contributed by atoms with Gasteiger partial charge in [0, 0.05) is 6.04 Å². The maximum atomic E-state index is 13.2. The lowest BCUT2D eigenvalue weighted by atomic mass is 10.1. The lowest BCUT2D eigenvalue weighted by Crippen LogP contribution is -2.41. The second-order valence-corrected chi connectivity index (χ2v) is 6.25. The van der Waals surface area contributed by atoms with Gasteiger partial charge in [-0.1, -0.05) is 6.07 Å². The third-order valence-electron chi connectivity index (χ3n) is 3.50. The fraction of sp³-hybridized carbons (Fsp3) is 0.467. The first kappa shape index (κ1) is 16.9. The number of benzene rings is 1. The normalized spacial score (nSPS) is 22.3. The Hall–Kier alpha value is -1.47. The van der Waals surface area contributed by atoms with Crippen molar-refractivity contribution in [2.45, 2.75) is 44.4 Å². The van der Waals surface area contributed by atoms with E-state index in [0.29, 0.717) is 23.7 Å². The van der Waals surface area contributed by atoms with Gasteiger partial charge in [-0.25, -0.2) is 9.18 Å². The maximum Gasteiger partial charge on any atom is 0.332 e. The lowest BCUT2D eigenvalue weighted by Gasteiger charge is -2.17. The van der Waals surface area contributed by atoms with Crippen LogP contribution in [0.1, 0.15) is 25.3 Å². The third-order valence-corrected chi connectivity index (χ3v) is 4.11. The minimum Gasteiger partial charge on any atom is -0.479 e. The van der Waals surface area contributed by atoms with Crippen molar-refractivity contribution >= 4 is 27.8 Å². The molecule has 1 aromatic rings. The van der Waals surface area contributed by atoms with Crippen LogP contribution in [-0.2, 0) is 20.7 Å². The van der Waals surface area contributed by atoms with Gasteiger partial charge < -0.3 is 15.2 Å². The molecule has 5 nitrogen and oxygen atoms in total. The summed E-state index contributed by atoms with van der Waals surface area (Å²) in [5.41, 5.74) is 0.886. The van der Waals surface area contributed by atoms with Crippen molar-refractivity contribution in [3.8, 4) is 0 Å². The number of nitrogens with one attached hydrogen (secondary N) is 1. The van der Waals surface area contributed by atoms with Crippen molar-refractivity contribution in [1.29, 1.82) is 0 Å². The molecule has 0 radical (unpaired) electrons. The van der Waals surface area contributed by atoms with E-state index in [1.54, 1.807) is 12.1 Å². The van der Waals surface area contributed by atoms with Crippen molar-refractivity contribution in [3.63, 3.8) is 0 Å². The largest absolute Gasteiger partial charge is 0.479 e. The summed E-state index contributed by atoms with van der Waals surface area (Å²) >= 11 is 3.12. The van der Waals surface area contributed by atoms with Crippen molar-refractivity contribution in [3.05, 3.63) is 34.1 Å². The third kappa shape index (κ3) is 4.27. The van der Waals surface area contributed by atoms with Gasteiger partial charge >= 0.3 is 5.97 Å². The van der Waals surface area contributed by atoms with Gasteiger partial charge in [0.2, 0.25) is 5.91 Å². The molecule has 1 saturated heterocycles. The highest BCUT2D eigenvalue weighted by atomic mass is 79.9. The fourth-order valence-corrected chi connectivity index (χ4v) is 2.84. The van der Waals surface area contributed by atoms with Gasteiger partial charge in [0.15, 0.2) is 6.10 Å². The number of hydrogen-bond acceptors (Lipinski definition) is 3. The molecule has 7 heteroatoms. The molecule has 0 aromatic heterocycles. The van der Waals surface area contributed by atoms with Crippen molar-refractivity contribution in [1.82, 2.24) is 5.32 Å². The maximum absolute atomic E-state index is 13.2. The monoisotopic (exact) mass is 373 g/mol. The number of amides is 1. The average molecular weight is 374 g/mol. The van der Waals surface area contributed by atoms with Gasteiger partial charge in [0.25, 0.3) is 0 Å². The SMILES string of the molecule is CC(Cc1ccc(F)c(Br)c1)NC(=O)[C@@H]1CC[C@H](C(=O)O)O1. The predicted molar refractivity (Wildman–Crippen MR) is 80.9 cm³/mol. The quantitative estimate of drug-likeness (QED) is 0.829. The average Bonchev–Trinajstić information content (AvgIpc) is 2.93. The van der Waals surface area contributed by atoms with E-state index in [1.807, 2.05) is 6.92 Å². The van der Waals surface area contributed by atoms with E-state index in [1.165, 1.54) is 6.07 Å². The second-order valence-electron chi connectivity index (χ2n) is 5.39. The molecule has 2 rings (SSSR count). The zero-order chi connectivity index (χ0) is 16.3. The van der Waals surface area contributed by atoms with Gasteiger partial charge in [-0.05, 0) is 59.8 Å². The van der Waals surface area contributed by atoms with Gasteiger partial charge in [-0.3, -0.25) is 4.79 Å². The van der Waals surface area contributed by atoms with E-state index in [0.717, 1.165) is 5.56 Å². The summed E-state index contributed by atoms with van der Waals surface area (Å²) in [6.45, 7) is 1.83. The minimum atomic E-state index is -1.04. The van der Waals surface area contributed by atoms with E-state index in [9.17, 15) is 14.0 Å². The Labute approximate surface area is 136 Å². The Morgan fingerprint density at radius 3 is 2.73 bits per heavy atom. The standard InChI is InChI=1S/C15H17BrFNO4/c1-8(6-9-2-3-11(17)10(16)7-9)18-14(19)12-4-5-13(22-12)15(20)21/h2-3,7-8,12-13H,4-6H2,1H3,(H,18,19)(H,20,21)/t8?,12-,13+/m0/s1. The zero-order valence-electron chi connectivity index (χ0n) is 12.0. The highest BCUT2D eigenvalue weighted by Gasteiger charge is 2.34. The van der Waals surface area contributed by atoms with Gasteiger partial charge in [-0.15, -0.1) is 0 Å². The zero-order valence-corrected chi connectivity index (χ0v) is 13.6. The van der Waals surface area contributed by atoms with Crippen molar-refractivity contribution < 1.29 is 23.8 Å². The molecule has 1 aliphatic rings.